The maximum atomic E-state index is 10.9. The van der Waals surface area contributed by atoms with E-state index in [0.29, 0.717) is 0 Å². The van der Waals surface area contributed by atoms with E-state index < -0.39 is 61.6 Å². The predicted octanol–water partition coefficient (Wildman–Crippen LogP) is 2.91. The van der Waals surface area contributed by atoms with Gasteiger partial charge in [-0.25, -0.2) is 0 Å². The van der Waals surface area contributed by atoms with Crippen molar-refractivity contribution >= 4 is 18.7 Å². The Hall–Kier alpha value is 1.76. The topological polar surface area (TPSA) is 9.23 Å². The van der Waals surface area contributed by atoms with Crippen molar-refractivity contribution in [2.75, 3.05) is 0 Å². The second-order valence-corrected chi connectivity index (χ2v) is 10.8. The van der Waals surface area contributed by atoms with Gasteiger partial charge in [-0.1, -0.05) is 0 Å². The van der Waals surface area contributed by atoms with E-state index in [9.17, 15) is 14.7 Å². The average Bonchev–Trinajstić information content (AvgIpc) is 1.05. The molecule has 0 saturated carbocycles. The van der Waals surface area contributed by atoms with Crippen LogP contribution in [0.1, 0.15) is 0 Å². The van der Waals surface area contributed by atoms with Gasteiger partial charge in [0, 0.05) is 0 Å². The zero-order valence-electron chi connectivity index (χ0n) is 4.19. The molecule has 0 spiro atoms. The molecule has 0 aliphatic carbocycles. The molecule has 0 aromatic heterocycles. The van der Waals surface area contributed by atoms with Crippen LogP contribution in [-0.2, 0) is -1.58 Å². The van der Waals surface area contributed by atoms with Crippen molar-refractivity contribution in [3.05, 3.63) is 0 Å². The van der Waals surface area contributed by atoms with Gasteiger partial charge in [0.1, 0.15) is 0 Å². The third-order valence-corrected chi connectivity index (χ3v) is 8.02. The van der Waals surface area contributed by atoms with Crippen LogP contribution < -0.4 is 0 Å². The second-order valence-electron chi connectivity index (χ2n) is 1.27. The van der Waals surface area contributed by atoms with Crippen molar-refractivity contribution in [1.29, 1.82) is 0 Å². The monoisotopic (exact) mass is 430 g/mol. The van der Waals surface area contributed by atoms with Crippen molar-refractivity contribution in [3.8, 4) is 0 Å². The van der Waals surface area contributed by atoms with Crippen LogP contribution in [-0.4, -0.2) is 18.7 Å². The summed E-state index contributed by atoms with van der Waals surface area (Å²) in [5.41, 5.74) is 0. The van der Waals surface area contributed by atoms with E-state index in [1.54, 1.807) is 0 Å². The van der Waals surface area contributed by atoms with Gasteiger partial charge < -0.3 is 0 Å². The first-order valence-electron chi connectivity index (χ1n) is 1.48. The van der Waals surface area contributed by atoms with Crippen molar-refractivity contribution in [1.82, 2.24) is 0 Å². The standard InChI is InChI=1S/F8OTeXe/c1-10(2,3,4,5)9-11(6,7)8. The summed E-state index contributed by atoms with van der Waals surface area (Å²) in [6.45, 7) is 0. The Balaban J connectivity index is 4.66. The van der Waals surface area contributed by atoms with E-state index >= 15 is 0 Å². The summed E-state index contributed by atoms with van der Waals surface area (Å²) < 4.78 is 88.0. The summed E-state index contributed by atoms with van der Waals surface area (Å²) in [5, 5.41) is 0. The van der Waals surface area contributed by atoms with Crippen LogP contribution in [0.3, 0.4) is 0 Å². The number of hydrogen-bond acceptors (Lipinski definition) is 1. The maximum absolute atomic E-state index is 11.5. The van der Waals surface area contributed by atoms with Crippen molar-refractivity contribution < 1.29 is 56.1 Å². The molecule has 0 saturated heterocycles. The Morgan fingerprint density at radius 3 is 1.09 bits per heavy atom. The van der Waals surface area contributed by atoms with Crippen LogP contribution in [0.15, 0.2) is 0 Å². The molecule has 0 aromatic carbocycles. The molecular formula is F8OTeXe. The molecule has 0 atom stereocenters. The Labute approximate surface area is 73.2 Å². The van der Waals surface area contributed by atoms with Crippen molar-refractivity contribution in [2.45, 2.75) is 0 Å². The van der Waals surface area contributed by atoms with Crippen LogP contribution in [0.5, 0.6) is 0 Å². The third-order valence-electron chi connectivity index (χ3n) is 0.178. The molecule has 0 fully saturated rings. The normalized spacial score (nSPS) is 22.2. The van der Waals surface area contributed by atoms with Gasteiger partial charge in [0.15, 0.2) is 0 Å². The van der Waals surface area contributed by atoms with E-state index in [1.165, 1.54) is 0 Å². The molecule has 11 heavy (non-hydrogen) atoms. The van der Waals surface area contributed by atoms with Crippen LogP contribution in [0, 0.1) is 42.9 Å². The number of halogens is 8. The molecule has 0 N–H and O–H groups in total. The van der Waals surface area contributed by atoms with E-state index in [4.69, 9.17) is 0 Å². The quantitative estimate of drug-likeness (QED) is 0.487. The molecule has 0 rings (SSSR count). The Kier molecular flexibility index (Phi) is 2.80. The van der Waals surface area contributed by atoms with Gasteiger partial charge in [0.05, 0.1) is 0 Å². The van der Waals surface area contributed by atoms with Crippen LogP contribution in [0.2, 0.25) is 0 Å². The minimum atomic E-state index is -11.5. The van der Waals surface area contributed by atoms with E-state index in [0.717, 1.165) is -1.58 Å². The molecule has 0 aliphatic rings. The molecule has 0 unspecified atom stereocenters. The fraction of sp³-hybridized carbons (Fsp3) is 0. The summed E-state index contributed by atoms with van der Waals surface area (Å²) >= 11 is -19.6. The molecule has 0 radical (unpaired) electrons. The number of hydrogen-bond donors (Lipinski definition) is 0. The Bertz CT molecular complexity index is 156. The molecule has 0 amide bonds. The molecule has 0 heterocycles. The third kappa shape index (κ3) is 11.8. The van der Waals surface area contributed by atoms with Gasteiger partial charge in [-0.15, -0.1) is 0 Å². The summed E-state index contributed by atoms with van der Waals surface area (Å²) in [4.78, 5) is 0. The van der Waals surface area contributed by atoms with Crippen LogP contribution in [0.4, 0.5) is 14.7 Å². The van der Waals surface area contributed by atoms with E-state index in [1.807, 2.05) is 0 Å². The van der Waals surface area contributed by atoms with Gasteiger partial charge in [-0.3, -0.25) is 0 Å². The van der Waals surface area contributed by atoms with Crippen molar-refractivity contribution in [2.24, 2.45) is 0 Å². The van der Waals surface area contributed by atoms with Gasteiger partial charge >= 0.3 is 74.7 Å². The van der Waals surface area contributed by atoms with E-state index in [2.05, 4.69) is 0 Å². The number of rotatable bonds is 2. The van der Waals surface area contributed by atoms with Gasteiger partial charge in [-0.2, -0.15) is 0 Å². The fourth-order valence-corrected chi connectivity index (χ4v) is 5.68. The Morgan fingerprint density at radius 1 is 0.818 bits per heavy atom. The van der Waals surface area contributed by atoms with Crippen molar-refractivity contribution in [3.63, 3.8) is 0 Å². The average molecular weight is 427 g/mol. The summed E-state index contributed by atoms with van der Waals surface area (Å²) in [6.07, 6.45) is 0. The summed E-state index contributed by atoms with van der Waals surface area (Å²) in [7, 11) is 0. The molecule has 0 aromatic rings. The zero-order chi connectivity index (χ0) is 9.62. The van der Waals surface area contributed by atoms with Crippen LogP contribution >= 0.6 is 0 Å². The van der Waals surface area contributed by atoms with Gasteiger partial charge in [-0.05, 0) is 0 Å². The first-order chi connectivity index (χ1) is 4.18. The first-order valence-corrected chi connectivity index (χ1v) is 9.95. The SMILES string of the molecule is F[Xe](F)(F)O[Te](F)(F)(F)(F)F. The Morgan fingerprint density at radius 2 is 1.09 bits per heavy atom. The first kappa shape index (κ1) is 12.8. The van der Waals surface area contributed by atoms with E-state index in [-0.39, 0.29) is 0 Å². The molecule has 11 heteroatoms. The van der Waals surface area contributed by atoms with Crippen LogP contribution in [0.25, 0.3) is 0 Å². The summed E-state index contributed by atoms with van der Waals surface area (Å²) in [5.74, 6) is 0. The fourth-order valence-electron chi connectivity index (χ4n) is 0.126. The molecule has 76 valence electrons. The zero-order valence-corrected chi connectivity index (χ0v) is 8.54. The van der Waals surface area contributed by atoms with Gasteiger partial charge in [0.2, 0.25) is 0 Å². The minimum absolute atomic E-state index is 1.03. The van der Waals surface area contributed by atoms with Gasteiger partial charge in [0.25, 0.3) is 0 Å². The molecule has 0 aliphatic heterocycles. The second kappa shape index (κ2) is 2.41. The summed E-state index contributed by atoms with van der Waals surface area (Å²) in [6, 6.07) is 0. The molecule has 1 nitrogen and oxygen atoms in total. The molecule has 0 bridgehead atoms. The molecular weight excluding hydrogens is 427 g/mol. The predicted molar refractivity (Wildman–Crippen MR) is 15.7 cm³/mol.